The van der Waals surface area contributed by atoms with Crippen LogP contribution in [0.15, 0.2) is 18.2 Å². The minimum Gasteiger partial charge on any atom is -0.496 e. The minimum atomic E-state index is -0.375. The molecule has 5 nitrogen and oxygen atoms in total. The van der Waals surface area contributed by atoms with E-state index in [0.29, 0.717) is 11.4 Å². The molecular formula is C14H22N2O3. The predicted molar refractivity (Wildman–Crippen MR) is 76.9 cm³/mol. The Labute approximate surface area is 114 Å². The van der Waals surface area contributed by atoms with Gasteiger partial charge in [-0.15, -0.1) is 0 Å². The standard InChI is InChI=1S/C14H22N2O3/c1-4-6-11(7-5-2)15-13-9-8-12(19-3)10-14(13)16(17)18/h8-11,15H,4-7H2,1-3H3. The van der Waals surface area contributed by atoms with Crippen LogP contribution in [-0.4, -0.2) is 18.1 Å². The first-order chi connectivity index (χ1) is 9.12. The van der Waals surface area contributed by atoms with Gasteiger partial charge in [-0.1, -0.05) is 26.7 Å². The topological polar surface area (TPSA) is 64.4 Å². The number of benzene rings is 1. The molecule has 1 aromatic carbocycles. The number of nitrogens with zero attached hydrogens (tertiary/aromatic N) is 1. The van der Waals surface area contributed by atoms with Crippen LogP contribution in [0.25, 0.3) is 0 Å². The Morgan fingerprint density at radius 3 is 2.42 bits per heavy atom. The molecule has 0 bridgehead atoms. The second kappa shape index (κ2) is 7.61. The molecule has 0 aliphatic carbocycles. The number of ether oxygens (including phenoxy) is 1. The second-order valence-electron chi connectivity index (χ2n) is 4.56. The van der Waals surface area contributed by atoms with Gasteiger partial charge in [-0.3, -0.25) is 10.1 Å². The molecule has 0 aromatic heterocycles. The fraction of sp³-hybridized carbons (Fsp3) is 0.571. The van der Waals surface area contributed by atoms with Crippen LogP contribution in [0, 0.1) is 10.1 Å². The van der Waals surface area contributed by atoms with Crippen molar-refractivity contribution in [2.45, 2.75) is 45.6 Å². The van der Waals surface area contributed by atoms with Gasteiger partial charge in [0.15, 0.2) is 0 Å². The number of methoxy groups -OCH3 is 1. The van der Waals surface area contributed by atoms with Crippen molar-refractivity contribution in [3.63, 3.8) is 0 Å². The summed E-state index contributed by atoms with van der Waals surface area (Å²) in [5, 5.41) is 14.4. The highest BCUT2D eigenvalue weighted by Gasteiger charge is 2.17. The highest BCUT2D eigenvalue weighted by atomic mass is 16.6. The van der Waals surface area contributed by atoms with Gasteiger partial charge in [-0.05, 0) is 25.0 Å². The molecular weight excluding hydrogens is 244 g/mol. The van der Waals surface area contributed by atoms with E-state index in [4.69, 9.17) is 4.74 Å². The SMILES string of the molecule is CCCC(CCC)Nc1ccc(OC)cc1[N+](=O)[O-]. The zero-order chi connectivity index (χ0) is 14.3. The predicted octanol–water partition coefficient (Wildman–Crippen LogP) is 3.98. The highest BCUT2D eigenvalue weighted by Crippen LogP contribution is 2.30. The maximum absolute atomic E-state index is 11.1. The smallest absolute Gasteiger partial charge is 0.296 e. The summed E-state index contributed by atoms with van der Waals surface area (Å²) in [7, 11) is 1.50. The number of hydrogen-bond donors (Lipinski definition) is 1. The van der Waals surface area contributed by atoms with Crippen molar-refractivity contribution >= 4 is 11.4 Å². The number of anilines is 1. The number of rotatable bonds is 8. The van der Waals surface area contributed by atoms with Gasteiger partial charge in [0.2, 0.25) is 0 Å². The monoisotopic (exact) mass is 266 g/mol. The summed E-state index contributed by atoms with van der Waals surface area (Å²) in [6.07, 6.45) is 4.14. The average molecular weight is 266 g/mol. The van der Waals surface area contributed by atoms with Crippen LogP contribution in [0.1, 0.15) is 39.5 Å². The van der Waals surface area contributed by atoms with Crippen molar-refractivity contribution in [2.24, 2.45) is 0 Å². The Balaban J connectivity index is 2.94. The molecule has 19 heavy (non-hydrogen) atoms. The minimum absolute atomic E-state index is 0.0663. The Kier molecular flexibility index (Phi) is 6.12. The van der Waals surface area contributed by atoms with Crippen molar-refractivity contribution in [3.8, 4) is 5.75 Å². The number of nitro benzene ring substituents is 1. The summed E-state index contributed by atoms with van der Waals surface area (Å²) in [5.74, 6) is 0.500. The third kappa shape index (κ3) is 4.43. The zero-order valence-electron chi connectivity index (χ0n) is 11.8. The Morgan fingerprint density at radius 1 is 1.32 bits per heavy atom. The van der Waals surface area contributed by atoms with E-state index in [2.05, 4.69) is 19.2 Å². The van der Waals surface area contributed by atoms with E-state index in [1.807, 2.05) is 0 Å². The average Bonchev–Trinajstić information content (AvgIpc) is 2.39. The summed E-state index contributed by atoms with van der Waals surface area (Å²) in [4.78, 5) is 10.7. The molecule has 0 saturated carbocycles. The van der Waals surface area contributed by atoms with Gasteiger partial charge < -0.3 is 10.1 Å². The molecule has 1 N–H and O–H groups in total. The third-order valence-corrected chi connectivity index (χ3v) is 3.04. The molecule has 106 valence electrons. The quantitative estimate of drug-likeness (QED) is 0.571. The van der Waals surface area contributed by atoms with Crippen LogP contribution in [0.2, 0.25) is 0 Å². The van der Waals surface area contributed by atoms with Crippen LogP contribution in [-0.2, 0) is 0 Å². The first kappa shape index (κ1) is 15.3. The molecule has 1 aromatic rings. The second-order valence-corrected chi connectivity index (χ2v) is 4.56. The van der Waals surface area contributed by atoms with E-state index >= 15 is 0 Å². The van der Waals surface area contributed by atoms with Crippen LogP contribution >= 0.6 is 0 Å². The van der Waals surface area contributed by atoms with Crippen molar-refractivity contribution in [1.29, 1.82) is 0 Å². The van der Waals surface area contributed by atoms with E-state index in [0.717, 1.165) is 25.7 Å². The van der Waals surface area contributed by atoms with Crippen molar-refractivity contribution in [3.05, 3.63) is 28.3 Å². The van der Waals surface area contributed by atoms with Crippen molar-refractivity contribution in [2.75, 3.05) is 12.4 Å². The Morgan fingerprint density at radius 2 is 1.95 bits per heavy atom. The first-order valence-corrected chi connectivity index (χ1v) is 6.71. The molecule has 0 saturated heterocycles. The molecule has 1 rings (SSSR count). The van der Waals surface area contributed by atoms with Crippen LogP contribution in [0.5, 0.6) is 5.75 Å². The number of hydrogen-bond acceptors (Lipinski definition) is 4. The molecule has 0 heterocycles. The molecule has 0 atom stereocenters. The van der Waals surface area contributed by atoms with Crippen LogP contribution in [0.4, 0.5) is 11.4 Å². The third-order valence-electron chi connectivity index (χ3n) is 3.04. The van der Waals surface area contributed by atoms with Gasteiger partial charge in [0, 0.05) is 6.04 Å². The summed E-state index contributed by atoms with van der Waals surface area (Å²) < 4.78 is 5.03. The van der Waals surface area contributed by atoms with Gasteiger partial charge in [0.25, 0.3) is 5.69 Å². The number of nitrogens with one attached hydrogen (secondary N) is 1. The Hall–Kier alpha value is -1.78. The summed E-state index contributed by atoms with van der Waals surface area (Å²) in [6.45, 7) is 4.24. The first-order valence-electron chi connectivity index (χ1n) is 6.71. The largest absolute Gasteiger partial charge is 0.496 e. The summed E-state index contributed by atoms with van der Waals surface area (Å²) in [6, 6.07) is 5.19. The maximum atomic E-state index is 11.1. The van der Waals surface area contributed by atoms with E-state index in [9.17, 15) is 10.1 Å². The van der Waals surface area contributed by atoms with Gasteiger partial charge in [0.05, 0.1) is 18.1 Å². The number of nitro groups is 1. The lowest BCUT2D eigenvalue weighted by atomic mass is 10.1. The van der Waals surface area contributed by atoms with E-state index in [1.165, 1.54) is 13.2 Å². The van der Waals surface area contributed by atoms with Crippen LogP contribution in [0.3, 0.4) is 0 Å². The molecule has 0 radical (unpaired) electrons. The van der Waals surface area contributed by atoms with Crippen molar-refractivity contribution in [1.82, 2.24) is 0 Å². The van der Waals surface area contributed by atoms with E-state index in [-0.39, 0.29) is 16.7 Å². The molecule has 0 aliphatic heterocycles. The van der Waals surface area contributed by atoms with Gasteiger partial charge in [0.1, 0.15) is 11.4 Å². The molecule has 0 fully saturated rings. The molecule has 0 amide bonds. The molecule has 0 aliphatic rings. The fourth-order valence-corrected chi connectivity index (χ4v) is 2.12. The Bertz CT molecular complexity index is 415. The summed E-state index contributed by atoms with van der Waals surface area (Å²) >= 11 is 0. The summed E-state index contributed by atoms with van der Waals surface area (Å²) in [5.41, 5.74) is 0.634. The normalized spacial score (nSPS) is 10.5. The highest BCUT2D eigenvalue weighted by molar-refractivity contribution is 5.64. The lowest BCUT2D eigenvalue weighted by Crippen LogP contribution is -2.19. The lowest BCUT2D eigenvalue weighted by molar-refractivity contribution is -0.384. The van der Waals surface area contributed by atoms with E-state index in [1.54, 1.807) is 12.1 Å². The molecule has 5 heteroatoms. The lowest BCUT2D eigenvalue weighted by Gasteiger charge is -2.18. The maximum Gasteiger partial charge on any atom is 0.296 e. The van der Waals surface area contributed by atoms with Gasteiger partial charge >= 0.3 is 0 Å². The van der Waals surface area contributed by atoms with E-state index < -0.39 is 0 Å². The fourth-order valence-electron chi connectivity index (χ4n) is 2.12. The molecule has 0 spiro atoms. The zero-order valence-corrected chi connectivity index (χ0v) is 11.8. The van der Waals surface area contributed by atoms with Crippen LogP contribution < -0.4 is 10.1 Å². The van der Waals surface area contributed by atoms with Gasteiger partial charge in [-0.2, -0.15) is 0 Å². The van der Waals surface area contributed by atoms with Crippen molar-refractivity contribution < 1.29 is 9.66 Å². The molecule has 0 unspecified atom stereocenters. The van der Waals surface area contributed by atoms with Gasteiger partial charge in [-0.25, -0.2) is 0 Å².